The smallest absolute Gasteiger partial charge is 0.340 e. The number of benzene rings is 1. The Labute approximate surface area is 203 Å². The van der Waals surface area contributed by atoms with Gasteiger partial charge in [-0.15, -0.1) is 0 Å². The number of carbonyl (C=O) groups excluding carboxylic acids is 3. The molecule has 1 amide bonds. The molecule has 1 aromatic rings. The molecule has 0 spiro atoms. The number of carbonyl (C=O) groups is 4. The van der Waals surface area contributed by atoms with Crippen LogP contribution in [0.3, 0.4) is 0 Å². The summed E-state index contributed by atoms with van der Waals surface area (Å²) in [5.41, 5.74) is 5.35. The minimum Gasteiger partial charge on any atom is -0.479 e. The van der Waals surface area contributed by atoms with Gasteiger partial charge in [-0.2, -0.15) is 0 Å². The molecule has 6 N–H and O–H groups in total. The number of carboxylic acids is 1. The second-order valence-corrected chi connectivity index (χ2v) is 9.08. The van der Waals surface area contributed by atoms with Gasteiger partial charge in [-0.25, -0.2) is 9.59 Å². The molecule has 1 fully saturated rings. The number of nitrogens with two attached hydrogens (primary N) is 1. The third-order valence-electron chi connectivity index (χ3n) is 4.97. The van der Waals surface area contributed by atoms with Gasteiger partial charge in [0.25, 0.3) is 5.91 Å². The maximum atomic E-state index is 12.8. The lowest BCUT2D eigenvalue weighted by atomic mass is 10.1. The van der Waals surface area contributed by atoms with Crippen LogP contribution < -0.4 is 16.4 Å². The molecule has 35 heavy (non-hydrogen) atoms. The van der Waals surface area contributed by atoms with Crippen molar-refractivity contribution >= 4 is 29.5 Å². The maximum absolute atomic E-state index is 12.8. The van der Waals surface area contributed by atoms with E-state index in [2.05, 4.69) is 10.6 Å². The summed E-state index contributed by atoms with van der Waals surface area (Å²) >= 11 is 0. The zero-order valence-corrected chi connectivity index (χ0v) is 20.1. The first kappa shape index (κ1) is 27.9. The number of rotatable bonds is 11. The molecule has 0 radical (unpaired) electrons. The number of hydrogen-bond donors (Lipinski definition) is 5. The summed E-state index contributed by atoms with van der Waals surface area (Å²) in [5.74, 6) is -3.71. The van der Waals surface area contributed by atoms with E-state index in [1.54, 1.807) is 20.8 Å². The van der Waals surface area contributed by atoms with Crippen LogP contribution in [0.4, 0.5) is 0 Å². The monoisotopic (exact) mass is 492 g/mol. The second kappa shape index (κ2) is 11.9. The highest BCUT2D eigenvalue weighted by molar-refractivity contribution is 6.06. The minimum atomic E-state index is -1.86. The van der Waals surface area contributed by atoms with E-state index in [9.17, 15) is 24.3 Å². The van der Waals surface area contributed by atoms with Crippen molar-refractivity contribution in [3.8, 4) is 0 Å². The van der Waals surface area contributed by atoms with Crippen LogP contribution in [0, 0.1) is 5.41 Å². The Morgan fingerprint density at radius 3 is 2.26 bits per heavy atom. The number of amides is 1. The molecular weight excluding hydrogens is 460 g/mol. The fraction of sp³-hybridized carbons (Fsp3) is 0.522. The first-order chi connectivity index (χ1) is 16.3. The van der Waals surface area contributed by atoms with Crippen LogP contribution in [0.1, 0.15) is 43.6 Å². The minimum absolute atomic E-state index is 0.156. The number of esters is 1. The van der Waals surface area contributed by atoms with Crippen LogP contribution >= 0.6 is 0 Å². The summed E-state index contributed by atoms with van der Waals surface area (Å²) in [6.45, 7) is 6.65. The lowest BCUT2D eigenvalue weighted by molar-refractivity contribution is -0.172. The number of ketones is 1. The molecule has 1 heterocycles. The zero-order valence-electron chi connectivity index (χ0n) is 20.1. The van der Waals surface area contributed by atoms with Crippen LogP contribution in [-0.2, 0) is 28.6 Å². The molecule has 1 aromatic carbocycles. The predicted molar refractivity (Wildman–Crippen MR) is 124 cm³/mol. The molecule has 0 aromatic heterocycles. The molecule has 2 rings (SSSR count). The van der Waals surface area contributed by atoms with Gasteiger partial charge in [0.1, 0.15) is 18.0 Å². The molecule has 4 atom stereocenters. The molecular formula is C23H32N4O8. The first-order valence-electron chi connectivity index (χ1n) is 11.0. The molecule has 0 aliphatic carbocycles. The Kier molecular flexibility index (Phi) is 9.46. The van der Waals surface area contributed by atoms with Crippen LogP contribution in [-0.4, -0.2) is 84.2 Å². The molecule has 12 heteroatoms. The number of nitrogen functional groups attached to an aromatic ring is 1. The zero-order chi connectivity index (χ0) is 26.3. The van der Waals surface area contributed by atoms with Crippen molar-refractivity contribution in [3.05, 3.63) is 35.4 Å². The van der Waals surface area contributed by atoms with E-state index in [1.165, 1.54) is 31.2 Å². The third kappa shape index (κ3) is 8.42. The first-order valence-corrected chi connectivity index (χ1v) is 11.0. The van der Waals surface area contributed by atoms with E-state index in [-0.39, 0.29) is 31.1 Å². The fourth-order valence-corrected chi connectivity index (χ4v) is 3.28. The largest absolute Gasteiger partial charge is 0.479 e. The lowest BCUT2D eigenvalue weighted by Gasteiger charge is -2.25. The van der Waals surface area contributed by atoms with Crippen molar-refractivity contribution in [3.63, 3.8) is 0 Å². The van der Waals surface area contributed by atoms with Crippen LogP contribution in [0.25, 0.3) is 0 Å². The Morgan fingerprint density at radius 2 is 1.71 bits per heavy atom. The van der Waals surface area contributed by atoms with E-state index in [1.807, 2.05) is 0 Å². The summed E-state index contributed by atoms with van der Waals surface area (Å²) in [6, 6.07) is 4.66. The lowest BCUT2D eigenvalue weighted by Crippen LogP contribution is -2.49. The molecule has 192 valence electrons. The highest BCUT2D eigenvalue weighted by atomic mass is 16.6. The van der Waals surface area contributed by atoms with Gasteiger partial charge in [-0.1, -0.05) is 12.1 Å². The number of Topliss-reactive ketones (excluding diaryl/α,β-unsaturated/α-hetero) is 1. The van der Waals surface area contributed by atoms with Gasteiger partial charge in [0.15, 0.2) is 5.78 Å². The summed E-state index contributed by atoms with van der Waals surface area (Å²) < 4.78 is 16.3. The maximum Gasteiger partial charge on any atom is 0.340 e. The number of carboxylic acid groups (broad SMARTS) is 1. The van der Waals surface area contributed by atoms with Crippen LogP contribution in [0.5, 0.6) is 0 Å². The van der Waals surface area contributed by atoms with E-state index in [0.717, 1.165) is 0 Å². The highest BCUT2D eigenvalue weighted by Crippen LogP contribution is 2.15. The Bertz CT molecular complexity index is 957. The number of aliphatic carboxylic acids is 1. The highest BCUT2D eigenvalue weighted by Gasteiger charge is 2.39. The molecule has 0 saturated carbocycles. The van der Waals surface area contributed by atoms with Gasteiger partial charge in [0.2, 0.25) is 6.10 Å². The van der Waals surface area contributed by atoms with E-state index in [0.29, 0.717) is 5.56 Å². The van der Waals surface area contributed by atoms with E-state index < -0.39 is 53.6 Å². The van der Waals surface area contributed by atoms with Crippen molar-refractivity contribution in [1.82, 2.24) is 10.6 Å². The van der Waals surface area contributed by atoms with E-state index >= 15 is 0 Å². The van der Waals surface area contributed by atoms with Gasteiger partial charge in [-0.3, -0.25) is 15.0 Å². The molecule has 4 unspecified atom stereocenters. The number of ether oxygens (including phenoxy) is 3. The normalized spacial score (nSPS) is 19.4. The third-order valence-corrected chi connectivity index (χ3v) is 4.97. The van der Waals surface area contributed by atoms with Gasteiger partial charge < -0.3 is 35.7 Å². The van der Waals surface area contributed by atoms with Gasteiger partial charge in [0, 0.05) is 24.2 Å². The molecule has 12 nitrogen and oxygen atoms in total. The molecule has 1 aliphatic heterocycles. The van der Waals surface area contributed by atoms with Crippen LogP contribution in [0.2, 0.25) is 0 Å². The average molecular weight is 493 g/mol. The van der Waals surface area contributed by atoms with Crippen molar-refractivity contribution < 1.29 is 38.5 Å². The van der Waals surface area contributed by atoms with E-state index in [4.69, 9.17) is 25.4 Å². The van der Waals surface area contributed by atoms with Crippen molar-refractivity contribution in [2.45, 2.75) is 57.6 Å². The second-order valence-electron chi connectivity index (χ2n) is 9.08. The van der Waals surface area contributed by atoms with Gasteiger partial charge in [-0.05, 0) is 39.8 Å². The SMILES string of the molecule is CC(NC(=O)c1ccc(C(=N)N)cc1)C(=O)C(OC1CNCC1OCC(=O)OC(C)(C)C)C(=O)O. The topological polar surface area (TPSA) is 190 Å². The summed E-state index contributed by atoms with van der Waals surface area (Å²) in [5, 5.41) is 22.4. The summed E-state index contributed by atoms with van der Waals surface area (Å²) in [4.78, 5) is 49.0. The Hall–Kier alpha value is -3.35. The van der Waals surface area contributed by atoms with Crippen molar-refractivity contribution in [2.24, 2.45) is 5.73 Å². The fourth-order valence-electron chi connectivity index (χ4n) is 3.28. The average Bonchev–Trinajstić information content (AvgIpc) is 3.21. The summed E-state index contributed by atoms with van der Waals surface area (Å²) in [7, 11) is 0. The standard InChI is InChI=1S/C23H32N4O8/c1-12(27-21(30)14-7-5-13(6-8-14)20(24)25)18(29)19(22(31)32)34-16-10-26-9-15(16)33-11-17(28)35-23(2,3)4/h5-8,12,15-16,19,26H,9-11H2,1-4H3,(H3,24,25)(H,27,30)(H,31,32). The van der Waals surface area contributed by atoms with Crippen molar-refractivity contribution in [1.29, 1.82) is 5.41 Å². The number of nitrogens with one attached hydrogen (secondary N) is 3. The number of amidine groups is 1. The van der Waals surface area contributed by atoms with Crippen molar-refractivity contribution in [2.75, 3.05) is 19.7 Å². The van der Waals surface area contributed by atoms with Gasteiger partial charge in [0.05, 0.1) is 18.2 Å². The number of hydrogen-bond acceptors (Lipinski definition) is 9. The summed E-state index contributed by atoms with van der Waals surface area (Å²) in [6.07, 6.45) is -3.35. The quantitative estimate of drug-likeness (QED) is 0.120. The molecule has 0 bridgehead atoms. The Morgan fingerprint density at radius 1 is 1.14 bits per heavy atom. The predicted octanol–water partition coefficient (Wildman–Crippen LogP) is -0.173. The van der Waals surface area contributed by atoms with Gasteiger partial charge >= 0.3 is 11.9 Å². The molecule has 1 saturated heterocycles. The Balaban J connectivity index is 1.98. The van der Waals surface area contributed by atoms with Crippen LogP contribution in [0.15, 0.2) is 24.3 Å². The molecule has 1 aliphatic rings.